The molecule has 0 saturated heterocycles. The quantitative estimate of drug-likeness (QED) is 0.182. The summed E-state index contributed by atoms with van der Waals surface area (Å²) < 4.78 is 4.76. The molecule has 0 aliphatic carbocycles. The zero-order valence-electron chi connectivity index (χ0n) is 24.9. The van der Waals surface area contributed by atoms with Gasteiger partial charge in [0.15, 0.2) is 5.69 Å². The summed E-state index contributed by atoms with van der Waals surface area (Å²) >= 11 is 0. The Bertz CT molecular complexity index is 2540. The first-order chi connectivity index (χ1) is 22.8. The molecule has 2 heterocycles. The second kappa shape index (κ2) is 10.4. The van der Waals surface area contributed by atoms with Crippen molar-refractivity contribution in [1.82, 2.24) is 9.13 Å². The van der Waals surface area contributed by atoms with E-state index in [0.29, 0.717) is 5.69 Å². The monoisotopic (exact) mass is 585 g/mol. The van der Waals surface area contributed by atoms with Crippen molar-refractivity contribution < 1.29 is 0 Å². The lowest BCUT2D eigenvalue weighted by molar-refractivity contribution is 1.17. The maximum absolute atomic E-state index is 7.69. The number of hydrogen-bond acceptors (Lipinski definition) is 0. The Kier molecular flexibility index (Phi) is 5.88. The van der Waals surface area contributed by atoms with Gasteiger partial charge in [-0.2, -0.15) is 0 Å². The van der Waals surface area contributed by atoms with Crippen molar-refractivity contribution in [2.24, 2.45) is 0 Å². The average Bonchev–Trinajstić information content (AvgIpc) is 3.64. The Morgan fingerprint density at radius 1 is 0.391 bits per heavy atom. The van der Waals surface area contributed by atoms with E-state index >= 15 is 0 Å². The fraction of sp³-hybridized carbons (Fsp3) is 0. The van der Waals surface area contributed by atoms with Gasteiger partial charge >= 0.3 is 0 Å². The van der Waals surface area contributed by atoms with Gasteiger partial charge in [-0.25, -0.2) is 4.85 Å². The molecule has 3 nitrogen and oxygen atoms in total. The predicted octanol–water partition coefficient (Wildman–Crippen LogP) is 11.8. The molecule has 0 unspecified atom stereocenters. The third kappa shape index (κ3) is 3.91. The maximum Gasteiger partial charge on any atom is 0.187 e. The number of fused-ring (bicyclic) bond motifs is 6. The highest BCUT2D eigenvalue weighted by Crippen LogP contribution is 2.42. The largest absolute Gasteiger partial charge is 0.309 e. The first-order valence-electron chi connectivity index (χ1n) is 15.5. The fourth-order valence-corrected chi connectivity index (χ4v) is 7.15. The van der Waals surface area contributed by atoms with Crippen LogP contribution in [0.15, 0.2) is 164 Å². The number of benzene rings is 7. The van der Waals surface area contributed by atoms with Crippen LogP contribution < -0.4 is 0 Å². The lowest BCUT2D eigenvalue weighted by Crippen LogP contribution is -2.01. The molecule has 0 aliphatic heterocycles. The van der Waals surface area contributed by atoms with Crippen molar-refractivity contribution in [2.75, 3.05) is 0 Å². The number of nitrogens with zero attached hydrogens (tertiary/aromatic N) is 3. The van der Waals surface area contributed by atoms with Gasteiger partial charge in [-0.05, 0) is 53.6 Å². The van der Waals surface area contributed by atoms with Gasteiger partial charge in [-0.1, -0.05) is 121 Å². The molecular formula is C43H27N3. The molecule has 214 valence electrons. The Labute approximate surface area is 266 Å². The van der Waals surface area contributed by atoms with Crippen molar-refractivity contribution in [3.63, 3.8) is 0 Å². The van der Waals surface area contributed by atoms with Crippen LogP contribution in [0.25, 0.3) is 82.1 Å². The molecule has 46 heavy (non-hydrogen) atoms. The number of rotatable bonds is 4. The standard InChI is InChI=1S/C43H27N3/c1-44-31-13-10-12-30(28-31)34-19-11-18-33(43(34)46-41-22-8-4-16-37(41)38-17-5-9-23-42(38)46)29-24-26-32(27-25-29)45-39-20-6-2-14-35(39)36-15-3-7-21-40(36)45/h2-28H. The van der Waals surface area contributed by atoms with Crippen molar-refractivity contribution >= 4 is 49.3 Å². The molecule has 0 spiro atoms. The number of hydrogen-bond donors (Lipinski definition) is 0. The zero-order valence-corrected chi connectivity index (χ0v) is 24.9. The van der Waals surface area contributed by atoms with Gasteiger partial charge in [0.1, 0.15) is 0 Å². The van der Waals surface area contributed by atoms with E-state index < -0.39 is 0 Å². The third-order valence-corrected chi connectivity index (χ3v) is 9.14. The summed E-state index contributed by atoms with van der Waals surface area (Å²) in [6.45, 7) is 7.69. The van der Waals surface area contributed by atoms with Crippen LogP contribution in [-0.4, -0.2) is 9.13 Å². The first kappa shape index (κ1) is 26.1. The molecule has 2 aromatic heterocycles. The van der Waals surface area contributed by atoms with E-state index in [9.17, 15) is 0 Å². The van der Waals surface area contributed by atoms with Gasteiger partial charge in [-0.3, -0.25) is 0 Å². The minimum atomic E-state index is 0.631. The fourth-order valence-electron chi connectivity index (χ4n) is 7.15. The molecule has 0 N–H and O–H groups in total. The molecule has 7 aromatic carbocycles. The molecule has 0 radical (unpaired) electrons. The normalized spacial score (nSPS) is 11.5. The molecule has 0 saturated carbocycles. The van der Waals surface area contributed by atoms with Crippen LogP contribution in [0.3, 0.4) is 0 Å². The van der Waals surface area contributed by atoms with Crippen LogP contribution in [0, 0.1) is 6.57 Å². The third-order valence-electron chi connectivity index (χ3n) is 9.14. The van der Waals surface area contributed by atoms with Crippen LogP contribution in [0.5, 0.6) is 0 Å². The molecule has 0 bridgehead atoms. The van der Waals surface area contributed by atoms with Gasteiger partial charge in [0.2, 0.25) is 0 Å². The molecule has 9 rings (SSSR count). The van der Waals surface area contributed by atoms with E-state index in [1.165, 1.54) is 32.6 Å². The predicted molar refractivity (Wildman–Crippen MR) is 192 cm³/mol. The van der Waals surface area contributed by atoms with E-state index in [1.54, 1.807) is 0 Å². The molecular weight excluding hydrogens is 558 g/mol. The molecule has 3 heteroatoms. The van der Waals surface area contributed by atoms with Gasteiger partial charge in [0, 0.05) is 38.4 Å². The second-order valence-electron chi connectivity index (χ2n) is 11.7. The summed E-state index contributed by atoms with van der Waals surface area (Å²) in [5, 5.41) is 4.95. The van der Waals surface area contributed by atoms with Crippen LogP contribution in [0.4, 0.5) is 5.69 Å². The summed E-state index contributed by atoms with van der Waals surface area (Å²) in [4.78, 5) is 3.75. The molecule has 9 aromatic rings. The summed E-state index contributed by atoms with van der Waals surface area (Å²) in [6.07, 6.45) is 0. The molecule has 0 aliphatic rings. The first-order valence-corrected chi connectivity index (χ1v) is 15.5. The average molecular weight is 586 g/mol. The summed E-state index contributed by atoms with van der Waals surface area (Å²) in [5.74, 6) is 0. The van der Waals surface area contributed by atoms with Gasteiger partial charge in [-0.15, -0.1) is 0 Å². The van der Waals surface area contributed by atoms with E-state index in [-0.39, 0.29) is 0 Å². The summed E-state index contributed by atoms with van der Waals surface area (Å²) in [5.41, 5.74) is 11.9. The van der Waals surface area contributed by atoms with Crippen LogP contribution >= 0.6 is 0 Å². The molecule has 0 atom stereocenters. The van der Waals surface area contributed by atoms with Crippen LogP contribution in [-0.2, 0) is 0 Å². The highest BCUT2D eigenvalue weighted by atomic mass is 15.0. The maximum atomic E-state index is 7.69. The van der Waals surface area contributed by atoms with Gasteiger partial charge in [0.05, 0.1) is 34.3 Å². The molecule has 0 amide bonds. The molecule has 0 fully saturated rings. The Balaban J connectivity index is 1.31. The van der Waals surface area contributed by atoms with Crippen molar-refractivity contribution in [3.8, 4) is 33.6 Å². The Hall–Kier alpha value is -6.37. The Morgan fingerprint density at radius 2 is 0.848 bits per heavy atom. The number of para-hydroxylation sites is 5. The van der Waals surface area contributed by atoms with E-state index in [0.717, 1.165) is 44.7 Å². The van der Waals surface area contributed by atoms with Crippen molar-refractivity contribution in [1.29, 1.82) is 0 Å². The highest BCUT2D eigenvalue weighted by molar-refractivity contribution is 6.11. The zero-order chi connectivity index (χ0) is 30.6. The number of aromatic nitrogens is 2. The van der Waals surface area contributed by atoms with Crippen LogP contribution in [0.1, 0.15) is 0 Å². The smallest absolute Gasteiger partial charge is 0.187 e. The highest BCUT2D eigenvalue weighted by Gasteiger charge is 2.20. The lowest BCUT2D eigenvalue weighted by Gasteiger charge is -2.19. The topological polar surface area (TPSA) is 14.2 Å². The van der Waals surface area contributed by atoms with Crippen molar-refractivity contribution in [3.05, 3.63) is 175 Å². The second-order valence-corrected chi connectivity index (χ2v) is 11.7. The lowest BCUT2D eigenvalue weighted by atomic mass is 9.95. The van der Waals surface area contributed by atoms with Crippen LogP contribution in [0.2, 0.25) is 0 Å². The minimum absolute atomic E-state index is 0.631. The van der Waals surface area contributed by atoms with Crippen molar-refractivity contribution in [2.45, 2.75) is 0 Å². The summed E-state index contributed by atoms with van der Waals surface area (Å²) in [7, 11) is 0. The van der Waals surface area contributed by atoms with E-state index in [1.807, 2.05) is 18.2 Å². The van der Waals surface area contributed by atoms with Gasteiger partial charge in [0.25, 0.3) is 0 Å². The van der Waals surface area contributed by atoms with Gasteiger partial charge < -0.3 is 9.13 Å². The SMILES string of the molecule is [C-]#[N+]c1cccc(-c2cccc(-c3ccc(-n4c5ccccc5c5ccccc54)cc3)c2-n2c3ccccc3c3ccccc32)c1. The summed E-state index contributed by atoms with van der Waals surface area (Å²) in [6, 6.07) is 57.9. The van der Waals surface area contributed by atoms with E-state index in [2.05, 4.69) is 160 Å². The minimum Gasteiger partial charge on any atom is -0.309 e. The Morgan fingerprint density at radius 3 is 1.37 bits per heavy atom. The van der Waals surface area contributed by atoms with E-state index in [4.69, 9.17) is 6.57 Å².